The molecular formula is C16H17N3O3S. The Labute approximate surface area is 138 Å². The van der Waals surface area contributed by atoms with Gasteiger partial charge in [0, 0.05) is 11.3 Å². The first-order valence-corrected chi connectivity index (χ1v) is 8.14. The van der Waals surface area contributed by atoms with Gasteiger partial charge in [0.15, 0.2) is 11.0 Å². The van der Waals surface area contributed by atoms with Gasteiger partial charge in [0.25, 0.3) is 0 Å². The Morgan fingerprint density at radius 2 is 2.17 bits per heavy atom. The first-order valence-electron chi connectivity index (χ1n) is 7.15. The lowest BCUT2D eigenvalue weighted by molar-refractivity contribution is 0.322. The largest absolute Gasteiger partial charge is 0.497 e. The molecule has 0 unspecified atom stereocenters. The molecule has 0 aliphatic carbocycles. The van der Waals surface area contributed by atoms with Gasteiger partial charge in [-0.15, -0.1) is 10.2 Å². The molecule has 0 spiro atoms. The number of benzene rings is 1. The molecule has 0 fully saturated rings. The first kappa shape index (κ1) is 15.6. The lowest BCUT2D eigenvalue weighted by atomic mass is 10.2. The molecular weight excluding hydrogens is 314 g/mol. The van der Waals surface area contributed by atoms with Gasteiger partial charge in [-0.05, 0) is 24.3 Å². The van der Waals surface area contributed by atoms with E-state index in [1.54, 1.807) is 13.4 Å². The summed E-state index contributed by atoms with van der Waals surface area (Å²) in [4.78, 5) is 0. The van der Waals surface area contributed by atoms with Gasteiger partial charge >= 0.3 is 0 Å². The van der Waals surface area contributed by atoms with Crippen molar-refractivity contribution in [1.29, 1.82) is 0 Å². The number of hydrogen-bond donors (Lipinski definition) is 1. The van der Waals surface area contributed by atoms with Crippen LogP contribution in [-0.4, -0.2) is 39.3 Å². The number of rotatable bonds is 7. The van der Waals surface area contributed by atoms with E-state index in [1.165, 1.54) is 11.8 Å². The van der Waals surface area contributed by atoms with E-state index >= 15 is 0 Å². The van der Waals surface area contributed by atoms with E-state index in [-0.39, 0.29) is 6.61 Å². The van der Waals surface area contributed by atoms with Crippen LogP contribution in [0.4, 0.5) is 0 Å². The van der Waals surface area contributed by atoms with Crippen LogP contribution in [0.1, 0.15) is 5.76 Å². The quantitative estimate of drug-likeness (QED) is 0.671. The molecule has 0 saturated heterocycles. The molecule has 0 saturated carbocycles. The van der Waals surface area contributed by atoms with Crippen LogP contribution >= 0.6 is 11.8 Å². The van der Waals surface area contributed by atoms with Crippen LogP contribution in [0.5, 0.6) is 5.75 Å². The van der Waals surface area contributed by atoms with Gasteiger partial charge in [-0.2, -0.15) is 0 Å². The maximum Gasteiger partial charge on any atom is 0.192 e. The predicted octanol–water partition coefficient (Wildman–Crippen LogP) is 2.68. The zero-order valence-corrected chi connectivity index (χ0v) is 13.5. The molecule has 2 heterocycles. The lowest BCUT2D eigenvalue weighted by Crippen LogP contribution is -2.04. The molecule has 120 valence electrons. The molecule has 0 aliphatic rings. The molecule has 1 aromatic carbocycles. The Bertz CT molecular complexity index is 756. The van der Waals surface area contributed by atoms with Gasteiger partial charge in [-0.25, -0.2) is 0 Å². The summed E-state index contributed by atoms with van der Waals surface area (Å²) in [5.41, 5.74) is 0.916. The Hall–Kier alpha value is -2.25. The Kier molecular flexibility index (Phi) is 4.99. The Balaban J connectivity index is 1.99. The fraction of sp³-hybridized carbons (Fsp3) is 0.250. The maximum atomic E-state index is 9.05. The molecule has 0 radical (unpaired) electrons. The summed E-state index contributed by atoms with van der Waals surface area (Å²) in [7, 11) is 1.63. The third-order valence-electron chi connectivity index (χ3n) is 3.26. The van der Waals surface area contributed by atoms with E-state index < -0.39 is 0 Å². The zero-order valence-electron chi connectivity index (χ0n) is 12.7. The van der Waals surface area contributed by atoms with E-state index in [2.05, 4.69) is 10.2 Å². The number of thioether (sulfide) groups is 1. The third-order valence-corrected chi connectivity index (χ3v) is 4.21. The van der Waals surface area contributed by atoms with Crippen molar-refractivity contribution in [2.24, 2.45) is 0 Å². The summed E-state index contributed by atoms with van der Waals surface area (Å²) in [5.74, 6) is 2.88. The summed E-state index contributed by atoms with van der Waals surface area (Å²) in [5, 5.41) is 18.4. The van der Waals surface area contributed by atoms with Crippen molar-refractivity contribution in [3.8, 4) is 17.1 Å². The second-order valence-electron chi connectivity index (χ2n) is 4.78. The van der Waals surface area contributed by atoms with Crippen molar-refractivity contribution in [1.82, 2.24) is 14.8 Å². The number of hydrogen-bond acceptors (Lipinski definition) is 6. The highest BCUT2D eigenvalue weighted by Gasteiger charge is 2.16. The zero-order chi connectivity index (χ0) is 16.1. The molecule has 7 heteroatoms. The number of aromatic nitrogens is 3. The highest BCUT2D eigenvalue weighted by Crippen LogP contribution is 2.27. The number of ether oxygens (including phenoxy) is 1. The van der Waals surface area contributed by atoms with Gasteiger partial charge < -0.3 is 14.3 Å². The predicted molar refractivity (Wildman–Crippen MR) is 87.6 cm³/mol. The summed E-state index contributed by atoms with van der Waals surface area (Å²) >= 11 is 1.46. The van der Waals surface area contributed by atoms with Crippen LogP contribution in [0.3, 0.4) is 0 Å². The van der Waals surface area contributed by atoms with Crippen molar-refractivity contribution < 1.29 is 14.3 Å². The molecule has 0 amide bonds. The van der Waals surface area contributed by atoms with E-state index in [4.69, 9.17) is 14.3 Å². The number of aliphatic hydroxyl groups excluding tert-OH is 1. The van der Waals surface area contributed by atoms with Crippen molar-refractivity contribution >= 4 is 11.8 Å². The van der Waals surface area contributed by atoms with E-state index in [9.17, 15) is 0 Å². The van der Waals surface area contributed by atoms with E-state index in [1.807, 2.05) is 41.0 Å². The smallest absolute Gasteiger partial charge is 0.192 e. The second-order valence-corrected chi connectivity index (χ2v) is 5.84. The summed E-state index contributed by atoms with van der Waals surface area (Å²) in [6.07, 6.45) is 1.64. The average molecular weight is 331 g/mol. The molecule has 0 bridgehead atoms. The molecule has 0 aliphatic heterocycles. The van der Waals surface area contributed by atoms with Crippen LogP contribution in [0, 0.1) is 0 Å². The van der Waals surface area contributed by atoms with Crippen LogP contribution < -0.4 is 4.74 Å². The van der Waals surface area contributed by atoms with Crippen molar-refractivity contribution in [3.05, 3.63) is 48.4 Å². The number of furan rings is 1. The standard InChI is InChI=1S/C16H17N3O3S/c1-21-13-5-2-4-12(10-13)15-17-18-16(23-9-7-20)19(15)11-14-6-3-8-22-14/h2-6,8,10,20H,7,9,11H2,1H3. The molecule has 1 N–H and O–H groups in total. The molecule has 3 aromatic rings. The summed E-state index contributed by atoms with van der Waals surface area (Å²) in [6, 6.07) is 11.5. The molecule has 2 aromatic heterocycles. The van der Waals surface area contributed by atoms with Gasteiger partial charge in [-0.1, -0.05) is 23.9 Å². The number of aliphatic hydroxyl groups is 1. The number of nitrogens with zero attached hydrogens (tertiary/aromatic N) is 3. The first-order chi connectivity index (χ1) is 11.3. The van der Waals surface area contributed by atoms with Gasteiger partial charge in [0.05, 0.1) is 26.5 Å². The highest BCUT2D eigenvalue weighted by atomic mass is 32.2. The topological polar surface area (TPSA) is 73.3 Å². The normalized spacial score (nSPS) is 10.9. The number of methoxy groups -OCH3 is 1. The Morgan fingerprint density at radius 3 is 2.91 bits per heavy atom. The highest BCUT2D eigenvalue weighted by molar-refractivity contribution is 7.99. The fourth-order valence-corrected chi connectivity index (χ4v) is 2.89. The van der Waals surface area contributed by atoms with Crippen LogP contribution in [0.15, 0.2) is 52.2 Å². The van der Waals surface area contributed by atoms with Crippen molar-refractivity contribution in [2.45, 2.75) is 11.7 Å². The average Bonchev–Trinajstić information content (AvgIpc) is 3.23. The minimum absolute atomic E-state index is 0.0901. The third kappa shape index (κ3) is 3.57. The van der Waals surface area contributed by atoms with E-state index in [0.717, 1.165) is 28.1 Å². The molecule has 0 atom stereocenters. The monoisotopic (exact) mass is 331 g/mol. The lowest BCUT2D eigenvalue weighted by Gasteiger charge is -2.09. The van der Waals surface area contributed by atoms with Gasteiger partial charge in [0.2, 0.25) is 0 Å². The maximum absolute atomic E-state index is 9.05. The fourth-order valence-electron chi connectivity index (χ4n) is 2.21. The SMILES string of the molecule is COc1cccc(-c2nnc(SCCO)n2Cc2ccco2)c1. The van der Waals surface area contributed by atoms with E-state index in [0.29, 0.717) is 12.3 Å². The Morgan fingerprint density at radius 1 is 1.26 bits per heavy atom. The molecule has 23 heavy (non-hydrogen) atoms. The minimum atomic E-state index is 0.0901. The molecule has 3 rings (SSSR count). The summed E-state index contributed by atoms with van der Waals surface area (Å²) in [6.45, 7) is 0.618. The van der Waals surface area contributed by atoms with Crippen LogP contribution in [-0.2, 0) is 6.54 Å². The van der Waals surface area contributed by atoms with Crippen molar-refractivity contribution in [2.75, 3.05) is 19.5 Å². The van der Waals surface area contributed by atoms with Crippen LogP contribution in [0.25, 0.3) is 11.4 Å². The van der Waals surface area contributed by atoms with Crippen molar-refractivity contribution in [3.63, 3.8) is 0 Å². The summed E-state index contributed by atoms with van der Waals surface area (Å²) < 4.78 is 12.7. The van der Waals surface area contributed by atoms with Gasteiger partial charge in [-0.3, -0.25) is 4.57 Å². The van der Waals surface area contributed by atoms with Gasteiger partial charge in [0.1, 0.15) is 11.5 Å². The minimum Gasteiger partial charge on any atom is -0.497 e. The van der Waals surface area contributed by atoms with Crippen LogP contribution in [0.2, 0.25) is 0 Å². The molecule has 6 nitrogen and oxygen atoms in total. The second kappa shape index (κ2) is 7.34.